The second-order valence-corrected chi connectivity index (χ2v) is 4.55. The van der Waals surface area contributed by atoms with Crippen LogP contribution in [0.25, 0.3) is 0 Å². The molecule has 0 aromatic heterocycles. The lowest BCUT2D eigenvalue weighted by Crippen LogP contribution is -2.40. The maximum absolute atomic E-state index is 10.5. The number of hydrogen-bond acceptors (Lipinski definition) is 3. The monoisotopic (exact) mass is 242 g/mol. The van der Waals surface area contributed by atoms with Crippen LogP contribution >= 0.6 is 0 Å². The molecule has 0 saturated carbocycles. The van der Waals surface area contributed by atoms with Gasteiger partial charge in [-0.05, 0) is 11.6 Å². The van der Waals surface area contributed by atoms with Gasteiger partial charge in [-0.25, -0.2) is 0 Å². The zero-order valence-corrected chi connectivity index (χ0v) is 9.78. The van der Waals surface area contributed by atoms with Gasteiger partial charge in [0.1, 0.15) is 11.9 Å². The molecule has 18 heavy (non-hydrogen) atoms. The first-order valence-electron chi connectivity index (χ1n) is 5.91. The molecule has 0 bridgehead atoms. The quantitative estimate of drug-likeness (QED) is 0.847. The Morgan fingerprint density at radius 3 is 2.39 bits per heavy atom. The van der Waals surface area contributed by atoms with Crippen LogP contribution in [0.5, 0.6) is 5.75 Å². The molecular weight excluding hydrogens is 228 g/mol. The number of aliphatic hydroxyl groups is 2. The molecule has 1 heterocycles. The molecule has 2 N–H and O–H groups in total. The first kappa shape index (κ1) is 11.3. The van der Waals surface area contributed by atoms with Crippen molar-refractivity contribution in [3.8, 4) is 5.75 Å². The summed E-state index contributed by atoms with van der Waals surface area (Å²) in [6.07, 6.45) is -0.766. The molecule has 2 aromatic carbocycles. The van der Waals surface area contributed by atoms with Gasteiger partial charge in [-0.1, -0.05) is 48.5 Å². The average Bonchev–Trinajstić information content (AvgIpc) is 2.63. The Bertz CT molecular complexity index is 553. The second kappa shape index (κ2) is 4.12. The van der Waals surface area contributed by atoms with Crippen molar-refractivity contribution in [2.24, 2.45) is 0 Å². The summed E-state index contributed by atoms with van der Waals surface area (Å²) in [5.74, 6) is -1.03. The van der Waals surface area contributed by atoms with Crippen LogP contribution in [0.15, 0.2) is 54.6 Å². The van der Waals surface area contributed by atoms with E-state index >= 15 is 0 Å². The zero-order chi connectivity index (χ0) is 12.6. The minimum atomic E-state index is -1.58. The Kier molecular flexibility index (Phi) is 2.58. The third kappa shape index (κ3) is 1.78. The van der Waals surface area contributed by atoms with Gasteiger partial charge < -0.3 is 14.9 Å². The van der Waals surface area contributed by atoms with Crippen LogP contribution in [-0.2, 0) is 6.42 Å². The first-order valence-corrected chi connectivity index (χ1v) is 5.91. The van der Waals surface area contributed by atoms with Crippen molar-refractivity contribution in [1.29, 1.82) is 0 Å². The zero-order valence-electron chi connectivity index (χ0n) is 9.78. The van der Waals surface area contributed by atoms with E-state index in [1.807, 2.05) is 42.5 Å². The molecule has 92 valence electrons. The molecule has 0 aliphatic carbocycles. The Labute approximate surface area is 105 Å². The van der Waals surface area contributed by atoms with Crippen molar-refractivity contribution < 1.29 is 14.9 Å². The van der Waals surface area contributed by atoms with Gasteiger partial charge in [0.15, 0.2) is 0 Å². The highest BCUT2D eigenvalue weighted by Crippen LogP contribution is 2.43. The Hall–Kier alpha value is -1.84. The molecule has 0 amide bonds. The summed E-state index contributed by atoms with van der Waals surface area (Å²) < 4.78 is 5.52. The number of benzene rings is 2. The molecular formula is C15H14O3. The number of hydrogen-bond donors (Lipinski definition) is 2. The van der Waals surface area contributed by atoms with Crippen molar-refractivity contribution in [2.75, 3.05) is 0 Å². The van der Waals surface area contributed by atoms with Crippen molar-refractivity contribution in [3.05, 3.63) is 65.7 Å². The van der Waals surface area contributed by atoms with Crippen molar-refractivity contribution in [2.45, 2.75) is 18.3 Å². The fourth-order valence-electron chi connectivity index (χ4n) is 2.31. The topological polar surface area (TPSA) is 49.7 Å². The van der Waals surface area contributed by atoms with E-state index in [4.69, 9.17) is 4.74 Å². The van der Waals surface area contributed by atoms with E-state index in [2.05, 4.69) is 0 Å². The van der Waals surface area contributed by atoms with E-state index in [-0.39, 0.29) is 6.42 Å². The van der Waals surface area contributed by atoms with Gasteiger partial charge in [-0.3, -0.25) is 0 Å². The fourth-order valence-corrected chi connectivity index (χ4v) is 2.31. The number of fused-ring (bicyclic) bond motifs is 1. The molecule has 2 unspecified atom stereocenters. The van der Waals surface area contributed by atoms with Crippen LogP contribution in [0.1, 0.15) is 17.2 Å². The summed E-state index contributed by atoms with van der Waals surface area (Å²) in [6, 6.07) is 16.7. The van der Waals surface area contributed by atoms with Crippen LogP contribution in [0.2, 0.25) is 0 Å². The molecule has 3 rings (SSSR count). The molecule has 1 aliphatic heterocycles. The van der Waals surface area contributed by atoms with E-state index in [1.54, 1.807) is 12.1 Å². The maximum Gasteiger partial charge on any atom is 0.242 e. The molecule has 0 radical (unpaired) electrons. The highest BCUT2D eigenvalue weighted by Gasteiger charge is 2.46. The molecule has 3 nitrogen and oxygen atoms in total. The van der Waals surface area contributed by atoms with Gasteiger partial charge in [-0.2, -0.15) is 0 Å². The van der Waals surface area contributed by atoms with Crippen molar-refractivity contribution in [3.63, 3.8) is 0 Å². The van der Waals surface area contributed by atoms with Gasteiger partial charge in [-0.15, -0.1) is 0 Å². The van der Waals surface area contributed by atoms with Crippen molar-refractivity contribution in [1.82, 2.24) is 0 Å². The molecule has 0 spiro atoms. The Morgan fingerprint density at radius 2 is 1.67 bits per heavy atom. The number of rotatable bonds is 2. The van der Waals surface area contributed by atoms with Gasteiger partial charge >= 0.3 is 0 Å². The maximum atomic E-state index is 10.5. The summed E-state index contributed by atoms with van der Waals surface area (Å²) in [6.45, 7) is 0. The van der Waals surface area contributed by atoms with E-state index in [1.165, 1.54) is 0 Å². The summed E-state index contributed by atoms with van der Waals surface area (Å²) in [5, 5.41) is 20.6. The lowest BCUT2D eigenvalue weighted by atomic mass is 9.97. The molecule has 2 aromatic rings. The normalized spacial score (nSPS) is 25.6. The standard InChI is InChI=1S/C15H14O3/c16-14-12-8-4-5-9-13(12)18-15(14,17)10-11-6-2-1-3-7-11/h1-9,14,16-17H,10H2. The van der Waals surface area contributed by atoms with Crippen LogP contribution in [-0.4, -0.2) is 16.0 Å². The van der Waals surface area contributed by atoms with Crippen LogP contribution < -0.4 is 4.74 Å². The largest absolute Gasteiger partial charge is 0.459 e. The molecule has 0 fully saturated rings. The van der Waals surface area contributed by atoms with E-state index in [9.17, 15) is 10.2 Å². The highest BCUT2D eigenvalue weighted by atomic mass is 16.6. The number of aliphatic hydroxyl groups excluding tert-OH is 1. The smallest absolute Gasteiger partial charge is 0.242 e. The van der Waals surface area contributed by atoms with E-state index in [0.29, 0.717) is 11.3 Å². The Morgan fingerprint density at radius 1 is 1.00 bits per heavy atom. The van der Waals surface area contributed by atoms with Crippen molar-refractivity contribution >= 4 is 0 Å². The van der Waals surface area contributed by atoms with Crippen LogP contribution in [0, 0.1) is 0 Å². The second-order valence-electron chi connectivity index (χ2n) is 4.55. The van der Waals surface area contributed by atoms with E-state index < -0.39 is 11.9 Å². The summed E-state index contributed by atoms with van der Waals surface area (Å²) >= 11 is 0. The molecule has 2 atom stereocenters. The molecule has 1 aliphatic rings. The predicted octanol–water partition coefficient (Wildman–Crippen LogP) is 2.04. The minimum Gasteiger partial charge on any atom is -0.459 e. The number of para-hydroxylation sites is 1. The predicted molar refractivity (Wildman–Crippen MR) is 67.1 cm³/mol. The summed E-state index contributed by atoms with van der Waals surface area (Å²) in [4.78, 5) is 0. The van der Waals surface area contributed by atoms with Gasteiger partial charge in [0.05, 0.1) is 0 Å². The Balaban J connectivity index is 1.90. The summed E-state index contributed by atoms with van der Waals surface area (Å²) in [7, 11) is 0. The van der Waals surface area contributed by atoms with Gasteiger partial charge in [0.2, 0.25) is 5.79 Å². The van der Waals surface area contributed by atoms with Crippen LogP contribution in [0.3, 0.4) is 0 Å². The summed E-state index contributed by atoms with van der Waals surface area (Å²) in [5.41, 5.74) is 1.56. The third-order valence-corrected chi connectivity index (χ3v) is 3.23. The lowest BCUT2D eigenvalue weighted by Gasteiger charge is -2.25. The average molecular weight is 242 g/mol. The highest BCUT2D eigenvalue weighted by molar-refractivity contribution is 5.41. The SMILES string of the molecule is OC1c2ccccc2OC1(O)Cc1ccccc1. The molecule has 3 heteroatoms. The van der Waals surface area contributed by atoms with E-state index in [0.717, 1.165) is 5.56 Å². The van der Waals surface area contributed by atoms with Gasteiger partial charge in [0, 0.05) is 12.0 Å². The minimum absolute atomic E-state index is 0.254. The lowest BCUT2D eigenvalue weighted by molar-refractivity contribution is -0.188. The van der Waals surface area contributed by atoms with Gasteiger partial charge in [0.25, 0.3) is 0 Å². The fraction of sp³-hybridized carbons (Fsp3) is 0.200. The molecule has 0 saturated heterocycles. The number of ether oxygens (including phenoxy) is 1. The first-order chi connectivity index (χ1) is 8.69. The third-order valence-electron chi connectivity index (χ3n) is 3.23. The van der Waals surface area contributed by atoms with Crippen LogP contribution in [0.4, 0.5) is 0 Å².